The van der Waals surface area contributed by atoms with Crippen molar-refractivity contribution in [3.05, 3.63) is 12.2 Å². The van der Waals surface area contributed by atoms with Crippen molar-refractivity contribution >= 4 is 19.8 Å². The largest absolute Gasteiger partial charge is 0.756 e. The van der Waals surface area contributed by atoms with Crippen molar-refractivity contribution < 1.29 is 42.1 Å². The number of unbranched alkanes of at least 4 members (excludes halogenated alkanes) is 16. The number of hydrogen-bond acceptors (Lipinski definition) is 8. The molecule has 0 rings (SSSR count). The average molecular weight is 662 g/mol. The highest BCUT2D eigenvalue weighted by atomic mass is 31.2. The first-order valence-corrected chi connectivity index (χ1v) is 19.4. The van der Waals surface area contributed by atoms with Gasteiger partial charge in [0.15, 0.2) is 6.10 Å². The summed E-state index contributed by atoms with van der Waals surface area (Å²) in [4.78, 5) is 37.1. The molecule has 266 valence electrons. The van der Waals surface area contributed by atoms with Gasteiger partial charge in [0, 0.05) is 12.8 Å². The van der Waals surface area contributed by atoms with E-state index in [4.69, 9.17) is 18.5 Å². The topological polar surface area (TPSA) is 111 Å². The van der Waals surface area contributed by atoms with E-state index in [1.54, 1.807) is 0 Å². The molecule has 0 radical (unpaired) electrons. The van der Waals surface area contributed by atoms with Crippen LogP contribution in [0.2, 0.25) is 0 Å². The number of carbonyl (C=O) groups is 2. The molecule has 0 fully saturated rings. The first-order chi connectivity index (χ1) is 21.5. The fourth-order valence-electron chi connectivity index (χ4n) is 4.65. The van der Waals surface area contributed by atoms with Crippen molar-refractivity contribution in [2.75, 3.05) is 47.5 Å². The molecule has 9 nitrogen and oxygen atoms in total. The molecular weight excluding hydrogens is 593 g/mol. The zero-order chi connectivity index (χ0) is 33.7. The Kier molecular flexibility index (Phi) is 28.1. The molecular formula is C35H68NO8P. The highest BCUT2D eigenvalue weighted by Gasteiger charge is 2.21. The molecule has 0 N–H and O–H groups in total. The van der Waals surface area contributed by atoms with E-state index in [9.17, 15) is 19.0 Å². The van der Waals surface area contributed by atoms with Gasteiger partial charge < -0.3 is 27.9 Å². The number of rotatable bonds is 32. The second-order valence-electron chi connectivity index (χ2n) is 13.2. The number of esters is 2. The molecule has 0 aliphatic carbocycles. The first kappa shape index (κ1) is 43.8. The summed E-state index contributed by atoms with van der Waals surface area (Å²) < 4.78 is 33.6. The van der Waals surface area contributed by atoms with Gasteiger partial charge in [-0.25, -0.2) is 0 Å². The minimum absolute atomic E-state index is 0.0301. The van der Waals surface area contributed by atoms with Crippen molar-refractivity contribution in [2.45, 2.75) is 155 Å². The number of hydrogen-bond donors (Lipinski definition) is 0. The number of allylic oxidation sites excluding steroid dienone is 2. The van der Waals surface area contributed by atoms with Gasteiger partial charge in [-0.3, -0.25) is 14.2 Å². The predicted molar refractivity (Wildman–Crippen MR) is 181 cm³/mol. The normalized spacial score (nSPS) is 14.0. The van der Waals surface area contributed by atoms with Crippen molar-refractivity contribution in [3.63, 3.8) is 0 Å². The second kappa shape index (κ2) is 28.9. The molecule has 0 aromatic carbocycles. The fraction of sp³-hybridized carbons (Fsp3) is 0.886. The summed E-state index contributed by atoms with van der Waals surface area (Å²) in [5, 5.41) is 0. The fourth-order valence-corrected chi connectivity index (χ4v) is 5.38. The number of carbonyl (C=O) groups excluding carboxylic acids is 2. The molecule has 0 aliphatic rings. The number of ether oxygens (including phenoxy) is 2. The zero-order valence-electron chi connectivity index (χ0n) is 29.6. The highest BCUT2D eigenvalue weighted by molar-refractivity contribution is 7.45. The number of phosphoric acid groups is 1. The maximum Gasteiger partial charge on any atom is 0.306 e. The van der Waals surface area contributed by atoms with E-state index in [1.165, 1.54) is 57.8 Å². The average Bonchev–Trinajstić information content (AvgIpc) is 2.97. The van der Waals surface area contributed by atoms with Gasteiger partial charge in [-0.05, 0) is 38.5 Å². The molecule has 10 heteroatoms. The lowest BCUT2D eigenvalue weighted by atomic mass is 10.1. The third-order valence-corrected chi connectivity index (χ3v) is 8.50. The highest BCUT2D eigenvalue weighted by Crippen LogP contribution is 2.38. The number of phosphoric ester groups is 1. The second-order valence-corrected chi connectivity index (χ2v) is 14.6. The van der Waals surface area contributed by atoms with Crippen LogP contribution in [0, 0.1) is 0 Å². The molecule has 2 atom stereocenters. The summed E-state index contributed by atoms with van der Waals surface area (Å²) >= 11 is 0. The van der Waals surface area contributed by atoms with Crippen LogP contribution in [0.4, 0.5) is 0 Å². The third-order valence-electron chi connectivity index (χ3n) is 7.54. The van der Waals surface area contributed by atoms with Crippen LogP contribution in [0.15, 0.2) is 12.2 Å². The van der Waals surface area contributed by atoms with Crippen LogP contribution >= 0.6 is 7.82 Å². The molecule has 0 spiro atoms. The Morgan fingerprint density at radius 3 is 1.69 bits per heavy atom. The summed E-state index contributed by atoms with van der Waals surface area (Å²) in [7, 11) is 1.16. The van der Waals surface area contributed by atoms with E-state index in [0.717, 1.165) is 57.8 Å². The summed E-state index contributed by atoms with van der Waals surface area (Å²) in [5.41, 5.74) is 0. The van der Waals surface area contributed by atoms with Gasteiger partial charge in [0.1, 0.15) is 19.8 Å². The van der Waals surface area contributed by atoms with Crippen LogP contribution in [0.5, 0.6) is 0 Å². The van der Waals surface area contributed by atoms with Gasteiger partial charge in [-0.1, -0.05) is 109 Å². The Morgan fingerprint density at radius 1 is 0.667 bits per heavy atom. The Morgan fingerprint density at radius 2 is 1.13 bits per heavy atom. The van der Waals surface area contributed by atoms with E-state index in [1.807, 2.05) is 21.1 Å². The van der Waals surface area contributed by atoms with Crippen LogP contribution in [0.3, 0.4) is 0 Å². The van der Waals surface area contributed by atoms with Crippen LogP contribution in [-0.2, 0) is 32.7 Å². The molecule has 0 amide bonds. The summed E-state index contributed by atoms with van der Waals surface area (Å²) in [6, 6.07) is 0. The van der Waals surface area contributed by atoms with Gasteiger partial charge in [-0.2, -0.15) is 0 Å². The molecule has 0 saturated heterocycles. The maximum atomic E-state index is 12.5. The molecule has 0 aromatic rings. The summed E-state index contributed by atoms with van der Waals surface area (Å²) in [5.74, 6) is -0.848. The van der Waals surface area contributed by atoms with E-state index < -0.39 is 26.5 Å². The smallest absolute Gasteiger partial charge is 0.306 e. The van der Waals surface area contributed by atoms with Crippen molar-refractivity contribution in [3.8, 4) is 0 Å². The minimum Gasteiger partial charge on any atom is -0.756 e. The minimum atomic E-state index is -4.61. The first-order valence-electron chi connectivity index (χ1n) is 17.9. The standard InChI is InChI=1S/C35H68NO8P/c1-6-8-10-12-14-16-17-18-20-22-24-26-28-35(38)44-33(32-43-45(39,40)42-30-29-36(3,4)5)31-41-34(37)27-25-23-21-19-15-13-11-9-7-2/h14,16,33H,6-13,15,17-32H2,1-5H3/b16-14-/t33-/m1/s1. The lowest BCUT2D eigenvalue weighted by Crippen LogP contribution is -2.37. The Balaban J connectivity index is 4.49. The number of quaternary nitrogens is 1. The molecule has 0 saturated carbocycles. The molecule has 45 heavy (non-hydrogen) atoms. The Bertz CT molecular complexity index is 799. The summed E-state index contributed by atoms with van der Waals surface area (Å²) in [6.07, 6.45) is 25.3. The van der Waals surface area contributed by atoms with Gasteiger partial charge in [-0.15, -0.1) is 0 Å². The summed E-state index contributed by atoms with van der Waals surface area (Å²) in [6.45, 7) is 4.15. The van der Waals surface area contributed by atoms with E-state index in [0.29, 0.717) is 17.4 Å². The predicted octanol–water partition coefficient (Wildman–Crippen LogP) is 8.44. The van der Waals surface area contributed by atoms with Gasteiger partial charge in [0.05, 0.1) is 27.7 Å². The number of likely N-dealkylation sites (N-methyl/N-ethyl adjacent to an activating group) is 1. The Labute approximate surface area is 276 Å². The molecule has 0 aliphatic heterocycles. The van der Waals surface area contributed by atoms with Gasteiger partial charge in [0.2, 0.25) is 0 Å². The van der Waals surface area contributed by atoms with E-state index in [-0.39, 0.29) is 32.0 Å². The Hall–Kier alpha value is -1.25. The lowest BCUT2D eigenvalue weighted by Gasteiger charge is -2.28. The molecule has 0 aromatic heterocycles. The SMILES string of the molecule is CCCCC/C=C\CCCCCCCC(=O)O[C@H](COC(=O)CCCCCCCCCCC)COP(=O)([O-])OCC[N+](C)(C)C. The maximum absolute atomic E-state index is 12.5. The van der Waals surface area contributed by atoms with Crippen molar-refractivity contribution in [1.29, 1.82) is 0 Å². The monoisotopic (exact) mass is 661 g/mol. The van der Waals surface area contributed by atoms with Crippen LogP contribution in [-0.4, -0.2) is 70.0 Å². The van der Waals surface area contributed by atoms with Crippen LogP contribution in [0.25, 0.3) is 0 Å². The van der Waals surface area contributed by atoms with Crippen molar-refractivity contribution in [2.24, 2.45) is 0 Å². The quantitative estimate of drug-likeness (QED) is 0.0232. The third kappa shape index (κ3) is 32.5. The van der Waals surface area contributed by atoms with Crippen LogP contribution in [0.1, 0.15) is 149 Å². The molecule has 1 unspecified atom stereocenters. The molecule has 0 heterocycles. The van der Waals surface area contributed by atoms with Gasteiger partial charge in [0.25, 0.3) is 7.82 Å². The van der Waals surface area contributed by atoms with Gasteiger partial charge >= 0.3 is 11.9 Å². The number of nitrogens with zero attached hydrogens (tertiary/aromatic N) is 1. The van der Waals surface area contributed by atoms with E-state index >= 15 is 0 Å². The lowest BCUT2D eigenvalue weighted by molar-refractivity contribution is -0.870. The van der Waals surface area contributed by atoms with Crippen LogP contribution < -0.4 is 4.89 Å². The van der Waals surface area contributed by atoms with Crippen molar-refractivity contribution in [1.82, 2.24) is 0 Å². The zero-order valence-corrected chi connectivity index (χ0v) is 30.5. The molecule has 0 bridgehead atoms. The van der Waals surface area contributed by atoms with E-state index in [2.05, 4.69) is 26.0 Å².